The van der Waals surface area contributed by atoms with Crippen molar-refractivity contribution in [3.63, 3.8) is 0 Å². The van der Waals surface area contributed by atoms with Gasteiger partial charge in [-0.1, -0.05) is 0 Å². The maximum Gasteiger partial charge on any atom is 0.00695 e. The minimum absolute atomic E-state index is 0.721. The second-order valence-electron chi connectivity index (χ2n) is 4.48. The molecule has 1 saturated heterocycles. The summed E-state index contributed by atoms with van der Waals surface area (Å²) in [6.45, 7) is 2.49. The fourth-order valence-electron chi connectivity index (χ4n) is 2.86. The molecule has 2 rings (SSSR count). The lowest BCUT2D eigenvalue weighted by atomic mass is 9.77. The van der Waals surface area contributed by atoms with Crippen molar-refractivity contribution in [1.29, 1.82) is 0 Å². The van der Waals surface area contributed by atoms with Crippen molar-refractivity contribution >= 4 is 0 Å². The molecule has 1 spiro atoms. The summed E-state index contributed by atoms with van der Waals surface area (Å²) >= 11 is 0. The smallest absolute Gasteiger partial charge is 0.00695 e. The van der Waals surface area contributed by atoms with Crippen molar-refractivity contribution in [3.05, 3.63) is 0 Å². The molecule has 0 aromatic carbocycles. The zero-order valence-electron chi connectivity index (χ0n) is 8.03. The lowest BCUT2D eigenvalue weighted by molar-refractivity contribution is 0.205. The molecule has 12 heavy (non-hydrogen) atoms. The van der Waals surface area contributed by atoms with Gasteiger partial charge in [-0.05, 0) is 57.7 Å². The average Bonchev–Trinajstić information content (AvgIpc) is 2.50. The zero-order chi connectivity index (χ0) is 8.44. The largest absolute Gasteiger partial charge is 0.317 e. The van der Waals surface area contributed by atoms with Gasteiger partial charge in [0.05, 0.1) is 0 Å². The highest BCUT2D eigenvalue weighted by Crippen LogP contribution is 2.44. The molecular formula is C10H20N2. The first-order valence-corrected chi connectivity index (χ1v) is 5.23. The quantitative estimate of drug-likeness (QED) is 0.613. The minimum atomic E-state index is 0.721. The van der Waals surface area contributed by atoms with Gasteiger partial charge in [0.25, 0.3) is 0 Å². The van der Waals surface area contributed by atoms with Crippen LogP contribution in [0.3, 0.4) is 0 Å². The van der Waals surface area contributed by atoms with Crippen LogP contribution in [0.1, 0.15) is 32.1 Å². The van der Waals surface area contributed by atoms with Gasteiger partial charge in [0.15, 0.2) is 0 Å². The molecule has 2 aliphatic rings. The molecule has 0 bridgehead atoms. The molecule has 2 fully saturated rings. The van der Waals surface area contributed by atoms with Crippen molar-refractivity contribution in [2.75, 3.05) is 20.1 Å². The van der Waals surface area contributed by atoms with E-state index in [0.29, 0.717) is 0 Å². The Bertz CT molecular complexity index is 150. The maximum atomic E-state index is 3.45. The Labute approximate surface area is 75.1 Å². The first-order chi connectivity index (χ1) is 5.85. The summed E-state index contributed by atoms with van der Waals surface area (Å²) < 4.78 is 0. The van der Waals surface area contributed by atoms with E-state index < -0.39 is 0 Å². The van der Waals surface area contributed by atoms with E-state index in [9.17, 15) is 0 Å². The highest BCUT2D eigenvalue weighted by Gasteiger charge is 2.38. The topological polar surface area (TPSA) is 24.1 Å². The van der Waals surface area contributed by atoms with Crippen LogP contribution in [-0.4, -0.2) is 26.2 Å². The predicted molar refractivity (Wildman–Crippen MR) is 51.2 cm³/mol. The van der Waals surface area contributed by atoms with Gasteiger partial charge in [0.1, 0.15) is 0 Å². The van der Waals surface area contributed by atoms with E-state index in [4.69, 9.17) is 0 Å². The Morgan fingerprint density at radius 3 is 2.58 bits per heavy atom. The van der Waals surface area contributed by atoms with E-state index in [1.807, 2.05) is 0 Å². The summed E-state index contributed by atoms with van der Waals surface area (Å²) in [5.41, 5.74) is 0.721. The van der Waals surface area contributed by atoms with E-state index in [1.165, 1.54) is 45.2 Å². The average molecular weight is 168 g/mol. The molecule has 0 aromatic heterocycles. The highest BCUT2D eigenvalue weighted by molar-refractivity contribution is 4.94. The first kappa shape index (κ1) is 8.52. The molecule has 2 N–H and O–H groups in total. The fourth-order valence-corrected chi connectivity index (χ4v) is 2.86. The third-order valence-electron chi connectivity index (χ3n) is 3.78. The van der Waals surface area contributed by atoms with E-state index >= 15 is 0 Å². The van der Waals surface area contributed by atoms with Crippen LogP contribution in [0.25, 0.3) is 0 Å². The first-order valence-electron chi connectivity index (χ1n) is 5.23. The van der Waals surface area contributed by atoms with Crippen molar-refractivity contribution in [3.8, 4) is 0 Å². The molecule has 0 amide bonds. The Balaban J connectivity index is 1.94. The SMILES string of the molecule is CNC1CCC2(CCNCC2)C1. The lowest BCUT2D eigenvalue weighted by Crippen LogP contribution is -2.36. The normalized spacial score (nSPS) is 34.2. The Morgan fingerprint density at radius 1 is 1.25 bits per heavy atom. The molecule has 70 valence electrons. The van der Waals surface area contributed by atoms with Crippen LogP contribution in [-0.2, 0) is 0 Å². The number of nitrogens with one attached hydrogen (secondary N) is 2. The van der Waals surface area contributed by atoms with Crippen molar-refractivity contribution in [2.45, 2.75) is 38.1 Å². The number of rotatable bonds is 1. The van der Waals surface area contributed by atoms with Crippen molar-refractivity contribution in [1.82, 2.24) is 10.6 Å². The van der Waals surface area contributed by atoms with Crippen LogP contribution in [0.15, 0.2) is 0 Å². The molecule has 0 aromatic rings. The number of piperidine rings is 1. The van der Waals surface area contributed by atoms with Crippen LogP contribution in [0, 0.1) is 5.41 Å². The van der Waals surface area contributed by atoms with Gasteiger partial charge in [-0.25, -0.2) is 0 Å². The second kappa shape index (κ2) is 3.35. The molecule has 1 unspecified atom stereocenters. The van der Waals surface area contributed by atoms with Crippen LogP contribution in [0.5, 0.6) is 0 Å². The van der Waals surface area contributed by atoms with Crippen LogP contribution in [0.4, 0.5) is 0 Å². The van der Waals surface area contributed by atoms with Gasteiger partial charge in [-0.3, -0.25) is 0 Å². The summed E-state index contributed by atoms with van der Waals surface area (Å²) in [7, 11) is 2.10. The van der Waals surface area contributed by atoms with Crippen molar-refractivity contribution < 1.29 is 0 Å². The van der Waals surface area contributed by atoms with E-state index in [-0.39, 0.29) is 0 Å². The molecular weight excluding hydrogens is 148 g/mol. The summed E-state index contributed by atoms with van der Waals surface area (Å²) in [5.74, 6) is 0. The third-order valence-corrected chi connectivity index (χ3v) is 3.78. The van der Waals surface area contributed by atoms with Gasteiger partial charge in [0.2, 0.25) is 0 Å². The summed E-state index contributed by atoms with van der Waals surface area (Å²) in [5, 5.41) is 6.86. The van der Waals surface area contributed by atoms with Crippen LogP contribution >= 0.6 is 0 Å². The lowest BCUT2D eigenvalue weighted by Gasteiger charge is -2.34. The number of hydrogen-bond donors (Lipinski definition) is 2. The van der Waals surface area contributed by atoms with E-state index in [0.717, 1.165) is 11.5 Å². The Kier molecular flexibility index (Phi) is 2.37. The molecule has 1 heterocycles. The standard InChI is InChI=1S/C10H20N2/c1-11-9-2-3-10(8-9)4-6-12-7-5-10/h9,11-12H,2-8H2,1H3. The molecule has 0 radical (unpaired) electrons. The fraction of sp³-hybridized carbons (Fsp3) is 1.00. The third kappa shape index (κ3) is 1.50. The van der Waals surface area contributed by atoms with Gasteiger partial charge >= 0.3 is 0 Å². The second-order valence-corrected chi connectivity index (χ2v) is 4.48. The maximum absolute atomic E-state index is 3.45. The Morgan fingerprint density at radius 2 is 2.00 bits per heavy atom. The molecule has 1 aliphatic heterocycles. The van der Waals surface area contributed by atoms with Crippen molar-refractivity contribution in [2.24, 2.45) is 5.41 Å². The molecule has 1 atom stereocenters. The van der Waals surface area contributed by atoms with E-state index in [1.54, 1.807) is 0 Å². The van der Waals surface area contributed by atoms with Crippen LogP contribution < -0.4 is 10.6 Å². The van der Waals surface area contributed by atoms with Gasteiger partial charge in [-0.2, -0.15) is 0 Å². The van der Waals surface area contributed by atoms with Gasteiger partial charge in [-0.15, -0.1) is 0 Å². The van der Waals surface area contributed by atoms with E-state index in [2.05, 4.69) is 17.7 Å². The van der Waals surface area contributed by atoms with Crippen LogP contribution in [0.2, 0.25) is 0 Å². The zero-order valence-corrected chi connectivity index (χ0v) is 8.03. The highest BCUT2D eigenvalue weighted by atomic mass is 14.9. The molecule has 1 saturated carbocycles. The summed E-state index contributed by atoms with van der Waals surface area (Å²) in [6, 6.07) is 0.808. The Hall–Kier alpha value is -0.0800. The minimum Gasteiger partial charge on any atom is -0.317 e. The van der Waals surface area contributed by atoms with Gasteiger partial charge in [0, 0.05) is 6.04 Å². The van der Waals surface area contributed by atoms with Gasteiger partial charge < -0.3 is 10.6 Å². The summed E-state index contributed by atoms with van der Waals surface area (Å²) in [6.07, 6.45) is 7.10. The molecule has 1 aliphatic carbocycles. The predicted octanol–water partition coefficient (Wildman–Crippen LogP) is 1.13. The monoisotopic (exact) mass is 168 g/mol. The number of hydrogen-bond acceptors (Lipinski definition) is 2. The summed E-state index contributed by atoms with van der Waals surface area (Å²) in [4.78, 5) is 0. The molecule has 2 heteroatoms. The molecule has 2 nitrogen and oxygen atoms in total.